The van der Waals surface area contributed by atoms with Crippen molar-refractivity contribution in [3.63, 3.8) is 0 Å². The first-order valence-corrected chi connectivity index (χ1v) is 6.46. The zero-order chi connectivity index (χ0) is 11.5. The second-order valence-electron chi connectivity index (χ2n) is 3.07. The summed E-state index contributed by atoms with van der Waals surface area (Å²) in [5.74, 6) is 0.323. The van der Waals surface area contributed by atoms with Crippen LogP contribution in [-0.2, 0) is 6.61 Å². The Hall–Kier alpha value is -0.580. The molecule has 0 bridgehead atoms. The van der Waals surface area contributed by atoms with Gasteiger partial charge in [0, 0.05) is 4.88 Å². The molecule has 0 unspecified atom stereocenters. The van der Waals surface area contributed by atoms with Crippen molar-refractivity contribution in [2.24, 2.45) is 0 Å². The Morgan fingerprint density at radius 1 is 1.31 bits per heavy atom. The molecule has 0 radical (unpaired) electrons. The second-order valence-corrected chi connectivity index (χ2v) is 5.72. The molecule has 0 spiro atoms. The van der Waals surface area contributed by atoms with Crippen LogP contribution in [0, 0.1) is 5.82 Å². The van der Waals surface area contributed by atoms with Crippen LogP contribution in [-0.4, -0.2) is 0 Å². The van der Waals surface area contributed by atoms with Gasteiger partial charge in [-0.15, -0.1) is 11.3 Å². The lowest BCUT2D eigenvalue weighted by molar-refractivity contribution is 0.309. The highest BCUT2D eigenvalue weighted by Gasteiger charge is 2.03. The van der Waals surface area contributed by atoms with Crippen LogP contribution in [0.4, 0.5) is 4.39 Å². The van der Waals surface area contributed by atoms with E-state index in [1.165, 1.54) is 17.4 Å². The Kier molecular flexibility index (Phi) is 3.84. The van der Waals surface area contributed by atoms with E-state index in [0.29, 0.717) is 16.8 Å². The molecule has 84 valence electrons. The SMILES string of the molecule is Fc1ccc(OCc2ccc(Cl)s2)cc1Br. The molecule has 1 heterocycles. The average Bonchev–Trinajstić information content (AvgIpc) is 2.66. The Labute approximate surface area is 110 Å². The van der Waals surface area contributed by atoms with Gasteiger partial charge in [-0.3, -0.25) is 0 Å². The van der Waals surface area contributed by atoms with Gasteiger partial charge in [0.15, 0.2) is 0 Å². The van der Waals surface area contributed by atoms with Crippen LogP contribution in [0.3, 0.4) is 0 Å². The van der Waals surface area contributed by atoms with Gasteiger partial charge in [-0.25, -0.2) is 4.39 Å². The first-order chi connectivity index (χ1) is 7.65. The molecule has 0 saturated carbocycles. The number of benzene rings is 1. The Morgan fingerprint density at radius 2 is 2.12 bits per heavy atom. The van der Waals surface area contributed by atoms with Crippen molar-refractivity contribution < 1.29 is 9.13 Å². The average molecular weight is 322 g/mol. The quantitative estimate of drug-likeness (QED) is 0.782. The molecule has 0 aliphatic rings. The summed E-state index contributed by atoms with van der Waals surface area (Å²) in [7, 11) is 0. The summed E-state index contributed by atoms with van der Waals surface area (Å²) >= 11 is 10.4. The number of hydrogen-bond donors (Lipinski definition) is 0. The molecule has 5 heteroatoms. The van der Waals surface area contributed by atoms with Gasteiger partial charge in [0.1, 0.15) is 18.2 Å². The minimum Gasteiger partial charge on any atom is -0.488 e. The van der Waals surface area contributed by atoms with E-state index in [0.717, 1.165) is 9.21 Å². The lowest BCUT2D eigenvalue weighted by Crippen LogP contribution is -1.93. The Bertz CT molecular complexity index is 500. The minimum atomic E-state index is -0.300. The normalized spacial score (nSPS) is 10.4. The van der Waals surface area contributed by atoms with E-state index >= 15 is 0 Å². The van der Waals surface area contributed by atoms with E-state index in [4.69, 9.17) is 16.3 Å². The van der Waals surface area contributed by atoms with Gasteiger partial charge in [0.25, 0.3) is 0 Å². The van der Waals surface area contributed by atoms with Gasteiger partial charge >= 0.3 is 0 Å². The maximum atomic E-state index is 12.9. The number of thiophene rings is 1. The maximum Gasteiger partial charge on any atom is 0.137 e. The molecule has 0 atom stereocenters. The van der Waals surface area contributed by atoms with E-state index in [1.807, 2.05) is 12.1 Å². The Balaban J connectivity index is 2.02. The Morgan fingerprint density at radius 3 is 2.75 bits per heavy atom. The van der Waals surface area contributed by atoms with Crippen LogP contribution in [0.25, 0.3) is 0 Å². The molecular weight excluding hydrogens is 315 g/mol. The fourth-order valence-electron chi connectivity index (χ4n) is 1.15. The van der Waals surface area contributed by atoms with Gasteiger partial charge in [-0.1, -0.05) is 11.6 Å². The predicted molar refractivity (Wildman–Crippen MR) is 67.8 cm³/mol. The minimum absolute atomic E-state index is 0.300. The van der Waals surface area contributed by atoms with Crippen molar-refractivity contribution in [3.05, 3.63) is 49.8 Å². The van der Waals surface area contributed by atoms with Crippen molar-refractivity contribution in [3.8, 4) is 5.75 Å². The fourth-order valence-corrected chi connectivity index (χ4v) is 2.51. The third kappa shape index (κ3) is 2.97. The van der Waals surface area contributed by atoms with Crippen molar-refractivity contribution >= 4 is 38.9 Å². The highest BCUT2D eigenvalue weighted by molar-refractivity contribution is 9.10. The van der Waals surface area contributed by atoms with Crippen molar-refractivity contribution in [2.45, 2.75) is 6.61 Å². The summed E-state index contributed by atoms with van der Waals surface area (Å²) in [4.78, 5) is 1.03. The van der Waals surface area contributed by atoms with E-state index < -0.39 is 0 Å². The molecule has 0 N–H and O–H groups in total. The third-order valence-corrected chi connectivity index (χ3v) is 3.71. The van der Waals surface area contributed by atoms with Gasteiger partial charge < -0.3 is 4.74 Å². The third-order valence-electron chi connectivity index (χ3n) is 1.90. The first kappa shape index (κ1) is 11.9. The van der Waals surface area contributed by atoms with Crippen molar-refractivity contribution in [1.82, 2.24) is 0 Å². The van der Waals surface area contributed by atoms with Gasteiger partial charge in [0.05, 0.1) is 8.81 Å². The maximum absolute atomic E-state index is 12.9. The van der Waals surface area contributed by atoms with Gasteiger partial charge in [0.2, 0.25) is 0 Å². The number of rotatable bonds is 3. The van der Waals surface area contributed by atoms with Gasteiger partial charge in [-0.2, -0.15) is 0 Å². The molecule has 0 saturated heterocycles. The molecule has 2 rings (SSSR count). The van der Waals surface area contributed by atoms with Crippen LogP contribution in [0.2, 0.25) is 4.34 Å². The molecule has 16 heavy (non-hydrogen) atoms. The number of ether oxygens (including phenoxy) is 1. The van der Waals surface area contributed by atoms with Crippen molar-refractivity contribution in [2.75, 3.05) is 0 Å². The fraction of sp³-hybridized carbons (Fsp3) is 0.0909. The van der Waals surface area contributed by atoms with E-state index in [-0.39, 0.29) is 5.82 Å². The molecule has 0 fully saturated rings. The van der Waals surface area contributed by atoms with Crippen LogP contribution in [0.1, 0.15) is 4.88 Å². The largest absolute Gasteiger partial charge is 0.488 e. The zero-order valence-electron chi connectivity index (χ0n) is 8.04. The lowest BCUT2D eigenvalue weighted by Gasteiger charge is -2.05. The number of halogens is 3. The molecule has 1 aromatic heterocycles. The van der Waals surface area contributed by atoms with E-state index in [2.05, 4.69) is 15.9 Å². The summed E-state index contributed by atoms with van der Waals surface area (Å²) < 4.78 is 19.6. The smallest absolute Gasteiger partial charge is 0.137 e. The van der Waals surface area contributed by atoms with E-state index in [9.17, 15) is 4.39 Å². The van der Waals surface area contributed by atoms with Crippen LogP contribution >= 0.6 is 38.9 Å². The second kappa shape index (κ2) is 5.17. The molecule has 1 aromatic carbocycles. The topological polar surface area (TPSA) is 9.23 Å². The lowest BCUT2D eigenvalue weighted by atomic mass is 10.3. The molecule has 0 amide bonds. The summed E-state index contributed by atoms with van der Waals surface area (Å²) in [6.07, 6.45) is 0. The van der Waals surface area contributed by atoms with Crippen LogP contribution in [0.5, 0.6) is 5.75 Å². The standard InChI is InChI=1S/C11H7BrClFOS/c12-9-5-7(1-3-10(9)14)15-6-8-2-4-11(13)16-8/h1-5H,6H2. The summed E-state index contributed by atoms with van der Waals surface area (Å²) in [5.41, 5.74) is 0. The predicted octanol–water partition coefficient (Wildman–Crippen LogP) is 4.88. The van der Waals surface area contributed by atoms with Crippen molar-refractivity contribution in [1.29, 1.82) is 0 Å². The van der Waals surface area contributed by atoms with Crippen LogP contribution < -0.4 is 4.74 Å². The number of hydrogen-bond acceptors (Lipinski definition) is 2. The summed E-state index contributed by atoms with van der Waals surface area (Å²) in [5, 5.41) is 0. The summed E-state index contributed by atoms with van der Waals surface area (Å²) in [6.45, 7) is 0.440. The highest BCUT2D eigenvalue weighted by Crippen LogP contribution is 2.25. The van der Waals surface area contributed by atoms with E-state index in [1.54, 1.807) is 12.1 Å². The van der Waals surface area contributed by atoms with Gasteiger partial charge in [-0.05, 0) is 46.3 Å². The first-order valence-electron chi connectivity index (χ1n) is 4.47. The highest BCUT2D eigenvalue weighted by atomic mass is 79.9. The van der Waals surface area contributed by atoms with Crippen LogP contribution in [0.15, 0.2) is 34.8 Å². The zero-order valence-corrected chi connectivity index (χ0v) is 11.2. The molecule has 0 aliphatic carbocycles. The molecule has 2 aromatic rings. The monoisotopic (exact) mass is 320 g/mol. The summed E-state index contributed by atoms with van der Waals surface area (Å²) in [6, 6.07) is 8.29. The molecule has 0 aliphatic heterocycles. The molecular formula is C11H7BrClFOS. The molecule has 1 nitrogen and oxygen atoms in total.